The van der Waals surface area contributed by atoms with E-state index in [1.807, 2.05) is 19.1 Å². The summed E-state index contributed by atoms with van der Waals surface area (Å²) in [5.41, 5.74) is 5.15. The number of amides is 1. The lowest BCUT2D eigenvalue weighted by Crippen LogP contribution is -2.13. The van der Waals surface area contributed by atoms with Gasteiger partial charge in [0.1, 0.15) is 5.69 Å². The number of halogens is 1. The first kappa shape index (κ1) is 19.2. The molecule has 27 heavy (non-hydrogen) atoms. The van der Waals surface area contributed by atoms with E-state index < -0.39 is 0 Å². The molecule has 0 unspecified atom stereocenters. The molecule has 0 fully saturated rings. The number of nitrogens with zero attached hydrogens (tertiary/aromatic N) is 1. The molecule has 3 aromatic rings. The summed E-state index contributed by atoms with van der Waals surface area (Å²) < 4.78 is 0. The number of aromatic nitrogens is 2. The maximum Gasteiger partial charge on any atom is 0.255 e. The van der Waals surface area contributed by atoms with Crippen LogP contribution in [0.4, 0.5) is 5.69 Å². The quantitative estimate of drug-likeness (QED) is 0.596. The molecule has 0 aliphatic carbocycles. The second-order valence-electron chi connectivity index (χ2n) is 7.57. The van der Waals surface area contributed by atoms with Crippen LogP contribution in [-0.4, -0.2) is 16.1 Å². The summed E-state index contributed by atoms with van der Waals surface area (Å²) in [6.07, 6.45) is 0.734. The number of H-pyrrole nitrogens is 1. The van der Waals surface area contributed by atoms with E-state index in [-0.39, 0.29) is 11.3 Å². The van der Waals surface area contributed by atoms with Crippen LogP contribution in [0, 0.1) is 0 Å². The van der Waals surface area contributed by atoms with Crippen molar-refractivity contribution in [3.05, 3.63) is 70.4 Å². The van der Waals surface area contributed by atoms with Crippen molar-refractivity contribution in [2.24, 2.45) is 0 Å². The van der Waals surface area contributed by atoms with Gasteiger partial charge in [0.05, 0.1) is 11.4 Å². The molecule has 0 spiro atoms. The Labute approximate surface area is 165 Å². The number of hydrogen-bond donors (Lipinski definition) is 2. The molecule has 0 saturated heterocycles. The summed E-state index contributed by atoms with van der Waals surface area (Å²) in [4.78, 5) is 12.7. The number of hydrogen-bond acceptors (Lipinski definition) is 2. The molecule has 0 bridgehead atoms. The second-order valence-corrected chi connectivity index (χ2v) is 8.01. The van der Waals surface area contributed by atoms with Crippen LogP contribution >= 0.6 is 11.6 Å². The molecule has 1 aromatic heterocycles. The van der Waals surface area contributed by atoms with Crippen molar-refractivity contribution in [1.29, 1.82) is 0 Å². The van der Waals surface area contributed by atoms with Crippen molar-refractivity contribution in [3.63, 3.8) is 0 Å². The molecule has 1 amide bonds. The highest BCUT2D eigenvalue weighted by molar-refractivity contribution is 6.31. The fourth-order valence-corrected chi connectivity index (χ4v) is 3.11. The van der Waals surface area contributed by atoms with Crippen LogP contribution < -0.4 is 5.32 Å². The van der Waals surface area contributed by atoms with E-state index >= 15 is 0 Å². The average molecular weight is 382 g/mol. The highest BCUT2D eigenvalue weighted by atomic mass is 35.5. The lowest BCUT2D eigenvalue weighted by Gasteiger charge is -2.19. The average Bonchev–Trinajstić information content (AvgIpc) is 3.03. The predicted molar refractivity (Wildman–Crippen MR) is 112 cm³/mol. The third-order valence-corrected chi connectivity index (χ3v) is 4.78. The van der Waals surface area contributed by atoms with Gasteiger partial charge in [-0.15, -0.1) is 0 Å². The van der Waals surface area contributed by atoms with Crippen LogP contribution in [0.1, 0.15) is 49.3 Å². The van der Waals surface area contributed by atoms with Crippen molar-refractivity contribution in [1.82, 2.24) is 10.2 Å². The fourth-order valence-electron chi connectivity index (χ4n) is 2.92. The zero-order valence-electron chi connectivity index (χ0n) is 16.1. The van der Waals surface area contributed by atoms with Crippen molar-refractivity contribution >= 4 is 23.2 Å². The van der Waals surface area contributed by atoms with Gasteiger partial charge >= 0.3 is 0 Å². The van der Waals surface area contributed by atoms with Gasteiger partial charge in [-0.2, -0.15) is 5.10 Å². The van der Waals surface area contributed by atoms with Gasteiger partial charge in [0.25, 0.3) is 5.91 Å². The Balaban J connectivity index is 1.94. The molecule has 4 nitrogen and oxygen atoms in total. The Kier molecular flexibility index (Phi) is 5.38. The number of carbonyl (C=O) groups excluding carboxylic acids is 1. The maximum atomic E-state index is 12.7. The molecular weight excluding hydrogens is 358 g/mol. The molecule has 3 rings (SSSR count). The van der Waals surface area contributed by atoms with Gasteiger partial charge in [-0.05, 0) is 35.6 Å². The SMILES string of the molecule is CCc1[nH]nc(-c2ccc(C(C)(C)C)cc2)c1NC(=O)c1cccc(Cl)c1. The fraction of sp³-hybridized carbons (Fsp3) is 0.273. The van der Waals surface area contributed by atoms with Gasteiger partial charge in [0.2, 0.25) is 0 Å². The van der Waals surface area contributed by atoms with Gasteiger partial charge in [0.15, 0.2) is 0 Å². The van der Waals surface area contributed by atoms with Crippen LogP contribution in [0.3, 0.4) is 0 Å². The lowest BCUT2D eigenvalue weighted by molar-refractivity contribution is 0.102. The Morgan fingerprint density at radius 1 is 1.15 bits per heavy atom. The van der Waals surface area contributed by atoms with Gasteiger partial charge in [-0.3, -0.25) is 9.89 Å². The number of rotatable bonds is 4. The molecule has 2 aromatic carbocycles. The van der Waals surface area contributed by atoms with Gasteiger partial charge < -0.3 is 5.32 Å². The predicted octanol–water partition coefficient (Wildman–Crippen LogP) is 5.84. The second kappa shape index (κ2) is 7.57. The smallest absolute Gasteiger partial charge is 0.255 e. The number of benzene rings is 2. The van der Waals surface area contributed by atoms with E-state index in [1.165, 1.54) is 5.56 Å². The molecule has 5 heteroatoms. The third kappa shape index (κ3) is 4.22. The number of aromatic amines is 1. The summed E-state index contributed by atoms with van der Waals surface area (Å²) >= 11 is 6.01. The first-order valence-corrected chi connectivity index (χ1v) is 9.42. The minimum absolute atomic E-state index is 0.0856. The third-order valence-electron chi connectivity index (χ3n) is 4.54. The highest BCUT2D eigenvalue weighted by Crippen LogP contribution is 2.31. The van der Waals surface area contributed by atoms with Crippen molar-refractivity contribution in [2.45, 2.75) is 39.5 Å². The van der Waals surface area contributed by atoms with E-state index in [2.05, 4.69) is 48.4 Å². The van der Waals surface area contributed by atoms with Gasteiger partial charge in [-0.1, -0.05) is 69.6 Å². The summed E-state index contributed by atoms with van der Waals surface area (Å²) in [6, 6.07) is 15.2. The largest absolute Gasteiger partial charge is 0.319 e. The molecule has 0 atom stereocenters. The molecule has 1 heterocycles. The molecule has 0 aliphatic rings. The molecule has 0 saturated carbocycles. The number of carbonyl (C=O) groups is 1. The number of nitrogens with one attached hydrogen (secondary N) is 2. The minimum Gasteiger partial charge on any atom is -0.319 e. The van der Waals surface area contributed by atoms with E-state index in [0.717, 1.165) is 23.4 Å². The number of anilines is 1. The van der Waals surface area contributed by atoms with Crippen molar-refractivity contribution in [2.75, 3.05) is 5.32 Å². The molecule has 0 aliphatic heterocycles. The Hall–Kier alpha value is -2.59. The summed E-state index contributed by atoms with van der Waals surface area (Å²) in [5.74, 6) is -0.207. The monoisotopic (exact) mass is 381 g/mol. The van der Waals surface area contributed by atoms with Crippen LogP contribution in [-0.2, 0) is 11.8 Å². The topological polar surface area (TPSA) is 57.8 Å². The van der Waals surface area contributed by atoms with E-state index in [9.17, 15) is 4.79 Å². The summed E-state index contributed by atoms with van der Waals surface area (Å²) in [5, 5.41) is 11.0. The van der Waals surface area contributed by atoms with Crippen LogP contribution in [0.25, 0.3) is 11.3 Å². The highest BCUT2D eigenvalue weighted by Gasteiger charge is 2.19. The first-order chi connectivity index (χ1) is 12.8. The maximum absolute atomic E-state index is 12.7. The van der Waals surface area contributed by atoms with Gasteiger partial charge in [0, 0.05) is 16.1 Å². The summed E-state index contributed by atoms with van der Waals surface area (Å²) in [7, 11) is 0. The van der Waals surface area contributed by atoms with Gasteiger partial charge in [-0.25, -0.2) is 0 Å². The zero-order chi connectivity index (χ0) is 19.6. The molecule has 0 radical (unpaired) electrons. The van der Waals surface area contributed by atoms with Crippen LogP contribution in [0.5, 0.6) is 0 Å². The van der Waals surface area contributed by atoms with Crippen LogP contribution in [0.15, 0.2) is 48.5 Å². The van der Waals surface area contributed by atoms with Crippen molar-refractivity contribution < 1.29 is 4.79 Å². The number of aryl methyl sites for hydroxylation is 1. The summed E-state index contributed by atoms with van der Waals surface area (Å²) in [6.45, 7) is 8.57. The van der Waals surface area contributed by atoms with Crippen LogP contribution in [0.2, 0.25) is 5.02 Å². The Morgan fingerprint density at radius 2 is 1.85 bits per heavy atom. The lowest BCUT2D eigenvalue weighted by atomic mass is 9.86. The van der Waals surface area contributed by atoms with E-state index in [0.29, 0.717) is 16.3 Å². The van der Waals surface area contributed by atoms with E-state index in [1.54, 1.807) is 24.3 Å². The van der Waals surface area contributed by atoms with E-state index in [4.69, 9.17) is 11.6 Å². The molecular formula is C22H24ClN3O. The Morgan fingerprint density at radius 3 is 2.44 bits per heavy atom. The first-order valence-electron chi connectivity index (χ1n) is 9.04. The normalized spacial score (nSPS) is 11.4. The Bertz CT molecular complexity index is 952. The minimum atomic E-state index is -0.207. The molecule has 140 valence electrons. The zero-order valence-corrected chi connectivity index (χ0v) is 16.8. The van der Waals surface area contributed by atoms with Crippen molar-refractivity contribution in [3.8, 4) is 11.3 Å². The standard InChI is InChI=1S/C22H24ClN3O/c1-5-18-20(24-21(27)15-7-6-8-17(23)13-15)19(26-25-18)14-9-11-16(12-10-14)22(2,3)4/h6-13H,5H2,1-4H3,(H,24,27)(H,25,26). The molecule has 2 N–H and O–H groups in total.